The third-order valence-corrected chi connectivity index (χ3v) is 7.26. The Labute approximate surface area is 174 Å². The maximum absolute atomic E-state index is 12.6. The van der Waals surface area contributed by atoms with E-state index >= 15 is 0 Å². The molecule has 29 heavy (non-hydrogen) atoms. The van der Waals surface area contributed by atoms with Crippen LogP contribution in [-0.2, 0) is 16.0 Å². The predicted octanol–water partition coefficient (Wildman–Crippen LogP) is 3.88. The minimum atomic E-state index is -0.110. The zero-order chi connectivity index (χ0) is 20.1. The number of anilines is 1. The highest BCUT2D eigenvalue weighted by atomic mass is 16.2. The van der Waals surface area contributed by atoms with E-state index in [2.05, 4.69) is 21.6 Å². The Morgan fingerprint density at radius 2 is 1.79 bits per heavy atom. The Morgan fingerprint density at radius 3 is 2.59 bits per heavy atom. The molecule has 1 aliphatic carbocycles. The van der Waals surface area contributed by atoms with Gasteiger partial charge < -0.3 is 10.6 Å². The van der Waals surface area contributed by atoms with Crippen LogP contribution >= 0.6 is 0 Å². The molecule has 2 heterocycles. The third kappa shape index (κ3) is 4.82. The predicted molar refractivity (Wildman–Crippen MR) is 116 cm³/mol. The molecule has 0 spiro atoms. The fourth-order valence-electron chi connectivity index (χ4n) is 5.49. The summed E-state index contributed by atoms with van der Waals surface area (Å²) in [6.07, 6.45) is 12.0. The van der Waals surface area contributed by atoms with Gasteiger partial charge in [-0.2, -0.15) is 0 Å². The lowest BCUT2D eigenvalue weighted by Crippen LogP contribution is -2.58. The molecule has 0 aromatic heterocycles. The summed E-state index contributed by atoms with van der Waals surface area (Å²) >= 11 is 0. The van der Waals surface area contributed by atoms with Crippen molar-refractivity contribution in [3.63, 3.8) is 0 Å². The number of piperidine rings is 1. The minimum Gasteiger partial charge on any atom is -0.354 e. The fraction of sp³-hybridized carbons (Fsp3) is 0.667. The van der Waals surface area contributed by atoms with E-state index in [-0.39, 0.29) is 23.3 Å². The lowest BCUT2D eigenvalue weighted by molar-refractivity contribution is -0.123. The van der Waals surface area contributed by atoms with Gasteiger partial charge in [0, 0.05) is 30.1 Å². The first-order valence-electron chi connectivity index (χ1n) is 11.6. The van der Waals surface area contributed by atoms with E-state index in [4.69, 9.17) is 0 Å². The summed E-state index contributed by atoms with van der Waals surface area (Å²) in [7, 11) is 0. The summed E-state index contributed by atoms with van der Waals surface area (Å²) in [5.74, 6) is 0.0357. The standard InChI is InChI=1S/C24H35N3O2/c28-22(12-11-20-17-19-9-3-4-10-21(19)26-23(20)29)25-18-24(13-5-1-6-14-24)27-15-7-2-8-16-27/h3-4,9-10,20H,1-2,5-8,11-18H2,(H,25,28)(H,26,29). The SMILES string of the molecule is O=C(CCC1Cc2ccccc2NC1=O)NCC1(N2CCCCC2)CCCCC1. The highest BCUT2D eigenvalue weighted by Gasteiger charge is 2.38. The quantitative estimate of drug-likeness (QED) is 0.766. The monoisotopic (exact) mass is 397 g/mol. The van der Waals surface area contributed by atoms with Gasteiger partial charge in [0.15, 0.2) is 0 Å². The Morgan fingerprint density at radius 1 is 1.07 bits per heavy atom. The first-order valence-corrected chi connectivity index (χ1v) is 11.6. The van der Waals surface area contributed by atoms with Crippen LogP contribution in [0.1, 0.15) is 69.8 Å². The Hall–Kier alpha value is -1.88. The summed E-state index contributed by atoms with van der Waals surface area (Å²) < 4.78 is 0. The number of likely N-dealkylation sites (tertiary alicyclic amines) is 1. The molecule has 3 aliphatic rings. The zero-order valence-corrected chi connectivity index (χ0v) is 17.5. The van der Waals surface area contributed by atoms with E-state index in [1.165, 1.54) is 70.0 Å². The molecule has 1 saturated heterocycles. The summed E-state index contributed by atoms with van der Waals surface area (Å²) in [6, 6.07) is 7.95. The molecule has 1 aromatic rings. The number of hydrogen-bond donors (Lipinski definition) is 2. The third-order valence-electron chi connectivity index (χ3n) is 7.26. The summed E-state index contributed by atoms with van der Waals surface area (Å²) in [5, 5.41) is 6.24. The number of carbonyl (C=O) groups is 2. The first-order chi connectivity index (χ1) is 14.2. The molecule has 2 amide bonds. The molecule has 5 heteroatoms. The van der Waals surface area contributed by atoms with E-state index in [9.17, 15) is 9.59 Å². The number of para-hydroxylation sites is 1. The summed E-state index contributed by atoms with van der Waals surface area (Å²) in [5.41, 5.74) is 2.25. The van der Waals surface area contributed by atoms with Crippen LogP contribution in [0.15, 0.2) is 24.3 Å². The van der Waals surface area contributed by atoms with Gasteiger partial charge in [0.05, 0.1) is 0 Å². The van der Waals surface area contributed by atoms with Crippen molar-refractivity contribution in [2.24, 2.45) is 5.92 Å². The molecular formula is C24H35N3O2. The number of amides is 2. The number of nitrogens with one attached hydrogen (secondary N) is 2. The van der Waals surface area contributed by atoms with Crippen molar-refractivity contribution in [1.29, 1.82) is 0 Å². The van der Waals surface area contributed by atoms with Gasteiger partial charge in [-0.05, 0) is 63.2 Å². The molecule has 2 aliphatic heterocycles. The summed E-state index contributed by atoms with van der Waals surface area (Å²) in [6.45, 7) is 3.13. The highest BCUT2D eigenvalue weighted by molar-refractivity contribution is 5.96. The van der Waals surface area contributed by atoms with Crippen molar-refractivity contribution >= 4 is 17.5 Å². The van der Waals surface area contributed by atoms with Crippen molar-refractivity contribution in [2.45, 2.75) is 76.2 Å². The molecular weight excluding hydrogens is 362 g/mol. The number of rotatable bonds is 6. The van der Waals surface area contributed by atoms with Crippen molar-refractivity contribution in [1.82, 2.24) is 10.2 Å². The van der Waals surface area contributed by atoms with E-state index < -0.39 is 0 Å². The van der Waals surface area contributed by atoms with Crippen LogP contribution in [-0.4, -0.2) is 41.9 Å². The van der Waals surface area contributed by atoms with Gasteiger partial charge in [-0.3, -0.25) is 14.5 Å². The molecule has 1 aromatic carbocycles. The van der Waals surface area contributed by atoms with Gasteiger partial charge in [-0.1, -0.05) is 43.9 Å². The van der Waals surface area contributed by atoms with Gasteiger partial charge in [-0.15, -0.1) is 0 Å². The number of nitrogens with zero attached hydrogens (tertiary/aromatic N) is 1. The maximum atomic E-state index is 12.6. The fourth-order valence-corrected chi connectivity index (χ4v) is 5.49. The van der Waals surface area contributed by atoms with Crippen LogP contribution < -0.4 is 10.6 Å². The zero-order valence-electron chi connectivity index (χ0n) is 17.5. The molecule has 1 unspecified atom stereocenters. The van der Waals surface area contributed by atoms with Crippen LogP contribution in [0.25, 0.3) is 0 Å². The molecule has 2 N–H and O–H groups in total. The lowest BCUT2D eigenvalue weighted by Gasteiger charge is -2.48. The highest BCUT2D eigenvalue weighted by Crippen LogP contribution is 2.35. The molecule has 5 nitrogen and oxygen atoms in total. The second-order valence-corrected chi connectivity index (χ2v) is 9.20. The van der Waals surface area contributed by atoms with Gasteiger partial charge in [-0.25, -0.2) is 0 Å². The van der Waals surface area contributed by atoms with Crippen molar-refractivity contribution in [3.8, 4) is 0 Å². The Balaban J connectivity index is 1.29. The Bertz CT molecular complexity index is 721. The molecule has 2 fully saturated rings. The molecule has 158 valence electrons. The van der Waals surface area contributed by atoms with Gasteiger partial charge in [0.2, 0.25) is 11.8 Å². The van der Waals surface area contributed by atoms with E-state index in [0.717, 1.165) is 18.7 Å². The molecule has 0 radical (unpaired) electrons. The number of benzene rings is 1. The molecule has 1 atom stereocenters. The van der Waals surface area contributed by atoms with Crippen LogP contribution in [0.4, 0.5) is 5.69 Å². The minimum absolute atomic E-state index is 0.0496. The molecule has 4 rings (SSSR count). The van der Waals surface area contributed by atoms with Gasteiger partial charge in [0.1, 0.15) is 0 Å². The number of carbonyl (C=O) groups excluding carboxylic acids is 2. The average Bonchev–Trinajstić information content (AvgIpc) is 2.77. The number of hydrogen-bond acceptors (Lipinski definition) is 3. The smallest absolute Gasteiger partial charge is 0.227 e. The van der Waals surface area contributed by atoms with E-state index in [1.54, 1.807) is 0 Å². The normalized spacial score (nSPS) is 24.4. The number of fused-ring (bicyclic) bond motifs is 1. The molecule has 1 saturated carbocycles. The van der Waals surface area contributed by atoms with Crippen LogP contribution in [0.3, 0.4) is 0 Å². The largest absolute Gasteiger partial charge is 0.354 e. The first kappa shape index (κ1) is 20.4. The van der Waals surface area contributed by atoms with Crippen molar-refractivity contribution < 1.29 is 9.59 Å². The van der Waals surface area contributed by atoms with Crippen molar-refractivity contribution in [2.75, 3.05) is 25.0 Å². The second-order valence-electron chi connectivity index (χ2n) is 9.20. The average molecular weight is 398 g/mol. The maximum Gasteiger partial charge on any atom is 0.227 e. The van der Waals surface area contributed by atoms with Crippen LogP contribution in [0.2, 0.25) is 0 Å². The Kier molecular flexibility index (Phi) is 6.53. The lowest BCUT2D eigenvalue weighted by atomic mass is 9.79. The molecule has 0 bridgehead atoms. The van der Waals surface area contributed by atoms with Crippen LogP contribution in [0.5, 0.6) is 0 Å². The van der Waals surface area contributed by atoms with Crippen molar-refractivity contribution in [3.05, 3.63) is 29.8 Å². The van der Waals surface area contributed by atoms with E-state index in [1.807, 2.05) is 18.2 Å². The van der Waals surface area contributed by atoms with Gasteiger partial charge >= 0.3 is 0 Å². The summed E-state index contributed by atoms with van der Waals surface area (Å²) in [4.78, 5) is 27.7. The van der Waals surface area contributed by atoms with Crippen LogP contribution in [0, 0.1) is 5.92 Å². The topological polar surface area (TPSA) is 61.4 Å². The van der Waals surface area contributed by atoms with Gasteiger partial charge in [0.25, 0.3) is 0 Å². The van der Waals surface area contributed by atoms with E-state index in [0.29, 0.717) is 12.8 Å². The second kappa shape index (κ2) is 9.29.